The molecule has 1 atom stereocenters. The number of hydrogen-bond acceptors (Lipinski definition) is 4. The molecule has 0 radical (unpaired) electrons. The van der Waals surface area contributed by atoms with Gasteiger partial charge in [-0.3, -0.25) is 19.6 Å². The Labute approximate surface area is 169 Å². The van der Waals surface area contributed by atoms with Crippen molar-refractivity contribution in [2.75, 3.05) is 7.05 Å². The van der Waals surface area contributed by atoms with Crippen molar-refractivity contribution >= 4 is 17.7 Å². The van der Waals surface area contributed by atoms with Gasteiger partial charge in [0, 0.05) is 37.0 Å². The summed E-state index contributed by atoms with van der Waals surface area (Å²) < 4.78 is 1.81. The van der Waals surface area contributed by atoms with Crippen LogP contribution in [0.2, 0.25) is 0 Å². The lowest BCUT2D eigenvalue weighted by Crippen LogP contribution is -2.28. The van der Waals surface area contributed by atoms with Crippen LogP contribution in [0.4, 0.5) is 5.69 Å². The minimum absolute atomic E-state index is 0.0107. The van der Waals surface area contributed by atoms with Crippen molar-refractivity contribution < 1.29 is 9.72 Å². The summed E-state index contributed by atoms with van der Waals surface area (Å²) in [5.41, 5.74) is 2.69. The second kappa shape index (κ2) is 8.97. The molecular formula is C22H22N4O3. The molecule has 1 heterocycles. The summed E-state index contributed by atoms with van der Waals surface area (Å²) in [4.78, 5) is 24.6. The van der Waals surface area contributed by atoms with E-state index in [0.717, 1.165) is 11.1 Å². The summed E-state index contributed by atoms with van der Waals surface area (Å²) in [6.07, 6.45) is 6.78. The molecule has 0 unspecified atom stereocenters. The molecular weight excluding hydrogens is 368 g/mol. The van der Waals surface area contributed by atoms with Gasteiger partial charge in [-0.05, 0) is 24.1 Å². The Balaban J connectivity index is 1.64. The quantitative estimate of drug-likeness (QED) is 0.346. The molecule has 2 aromatic carbocycles. The molecule has 29 heavy (non-hydrogen) atoms. The molecule has 0 bridgehead atoms. The third-order valence-corrected chi connectivity index (χ3v) is 4.75. The first-order chi connectivity index (χ1) is 13.9. The third-order valence-electron chi connectivity index (χ3n) is 4.75. The van der Waals surface area contributed by atoms with Crippen LogP contribution in [0.25, 0.3) is 6.08 Å². The van der Waals surface area contributed by atoms with Crippen LogP contribution in [-0.2, 0) is 11.3 Å². The second-order valence-electron chi connectivity index (χ2n) is 6.77. The van der Waals surface area contributed by atoms with E-state index in [0.29, 0.717) is 12.1 Å². The van der Waals surface area contributed by atoms with E-state index >= 15 is 0 Å². The molecule has 0 aliphatic carbocycles. The number of nitro benzene ring substituents is 1. The lowest BCUT2D eigenvalue weighted by atomic mass is 10.1. The fraction of sp³-hybridized carbons (Fsp3) is 0.182. The summed E-state index contributed by atoms with van der Waals surface area (Å²) in [5, 5.41) is 15.3. The van der Waals surface area contributed by atoms with E-state index in [1.165, 1.54) is 18.2 Å². The number of benzene rings is 2. The lowest BCUT2D eigenvalue weighted by molar-refractivity contribution is -0.384. The highest BCUT2D eigenvalue weighted by Crippen LogP contribution is 2.23. The first kappa shape index (κ1) is 20.0. The van der Waals surface area contributed by atoms with E-state index in [1.54, 1.807) is 36.4 Å². The fourth-order valence-electron chi connectivity index (χ4n) is 2.92. The van der Waals surface area contributed by atoms with E-state index in [9.17, 15) is 14.9 Å². The minimum atomic E-state index is -0.439. The van der Waals surface area contributed by atoms with Crippen molar-refractivity contribution in [2.24, 2.45) is 0 Å². The van der Waals surface area contributed by atoms with Crippen molar-refractivity contribution in [3.05, 3.63) is 99.9 Å². The molecule has 1 amide bonds. The number of amides is 1. The van der Waals surface area contributed by atoms with Crippen molar-refractivity contribution in [3.8, 4) is 0 Å². The van der Waals surface area contributed by atoms with Gasteiger partial charge in [0.05, 0.1) is 23.7 Å². The van der Waals surface area contributed by atoms with Gasteiger partial charge in [-0.2, -0.15) is 5.10 Å². The number of non-ortho nitro benzene ring substituents is 1. The zero-order valence-electron chi connectivity index (χ0n) is 16.3. The van der Waals surface area contributed by atoms with E-state index in [-0.39, 0.29) is 17.6 Å². The van der Waals surface area contributed by atoms with Crippen LogP contribution in [0.15, 0.2) is 73.1 Å². The molecule has 148 valence electrons. The van der Waals surface area contributed by atoms with Gasteiger partial charge in [0.1, 0.15) is 0 Å². The van der Waals surface area contributed by atoms with Gasteiger partial charge in [0.25, 0.3) is 5.69 Å². The fourth-order valence-corrected chi connectivity index (χ4v) is 2.92. The maximum Gasteiger partial charge on any atom is 0.269 e. The highest BCUT2D eigenvalue weighted by molar-refractivity contribution is 5.91. The van der Waals surface area contributed by atoms with Gasteiger partial charge >= 0.3 is 0 Å². The smallest absolute Gasteiger partial charge is 0.269 e. The van der Waals surface area contributed by atoms with Crippen molar-refractivity contribution in [2.45, 2.75) is 19.5 Å². The van der Waals surface area contributed by atoms with Crippen molar-refractivity contribution in [1.82, 2.24) is 14.7 Å². The van der Waals surface area contributed by atoms with Crippen LogP contribution in [0.1, 0.15) is 29.7 Å². The Bertz CT molecular complexity index is 1030. The van der Waals surface area contributed by atoms with Crippen LogP contribution in [0.5, 0.6) is 0 Å². The molecule has 7 nitrogen and oxygen atoms in total. The van der Waals surface area contributed by atoms with E-state index in [2.05, 4.69) is 5.10 Å². The first-order valence-electron chi connectivity index (χ1n) is 9.19. The predicted octanol–water partition coefficient (Wildman–Crippen LogP) is 4.07. The average molecular weight is 390 g/mol. The van der Waals surface area contributed by atoms with E-state index < -0.39 is 4.92 Å². The van der Waals surface area contributed by atoms with Crippen molar-refractivity contribution in [3.63, 3.8) is 0 Å². The number of likely N-dealkylation sites (N-methyl/N-ethyl adjacent to an activating group) is 1. The number of hydrogen-bond donors (Lipinski definition) is 0. The molecule has 0 aliphatic heterocycles. The molecule has 7 heteroatoms. The van der Waals surface area contributed by atoms with Crippen LogP contribution >= 0.6 is 0 Å². The van der Waals surface area contributed by atoms with Gasteiger partial charge < -0.3 is 4.90 Å². The van der Waals surface area contributed by atoms with Gasteiger partial charge in [-0.1, -0.05) is 42.5 Å². The predicted molar refractivity (Wildman–Crippen MR) is 111 cm³/mol. The van der Waals surface area contributed by atoms with Crippen molar-refractivity contribution in [1.29, 1.82) is 0 Å². The highest BCUT2D eigenvalue weighted by atomic mass is 16.6. The summed E-state index contributed by atoms with van der Waals surface area (Å²) >= 11 is 0. The summed E-state index contributed by atoms with van der Waals surface area (Å²) in [6.45, 7) is 2.50. The van der Waals surface area contributed by atoms with Gasteiger partial charge in [0.2, 0.25) is 5.91 Å². The Hall–Kier alpha value is -3.74. The average Bonchev–Trinajstić information content (AvgIpc) is 3.19. The maximum absolute atomic E-state index is 12.5. The topological polar surface area (TPSA) is 81.3 Å². The SMILES string of the molecule is C[C@H](c1cccc([N+](=O)[O-])c1)N(C)C(=O)/C=C/c1cnn(Cc2ccccc2)c1. The summed E-state index contributed by atoms with van der Waals surface area (Å²) in [7, 11) is 1.68. The number of aromatic nitrogens is 2. The number of carbonyl (C=O) groups is 1. The van der Waals surface area contributed by atoms with Crippen LogP contribution < -0.4 is 0 Å². The molecule has 3 rings (SSSR count). The van der Waals surface area contributed by atoms with E-state index in [1.807, 2.05) is 48.1 Å². The third kappa shape index (κ3) is 5.16. The Kier molecular flexibility index (Phi) is 6.19. The maximum atomic E-state index is 12.5. The second-order valence-corrected chi connectivity index (χ2v) is 6.77. The Morgan fingerprint density at radius 2 is 2.00 bits per heavy atom. The number of nitrogens with zero attached hydrogens (tertiary/aromatic N) is 4. The zero-order chi connectivity index (χ0) is 20.8. The number of rotatable bonds is 7. The number of carbonyl (C=O) groups excluding carboxylic acids is 1. The monoisotopic (exact) mass is 390 g/mol. The number of nitro groups is 1. The molecule has 0 N–H and O–H groups in total. The lowest BCUT2D eigenvalue weighted by Gasteiger charge is -2.24. The molecule has 3 aromatic rings. The van der Waals surface area contributed by atoms with Gasteiger partial charge in [-0.15, -0.1) is 0 Å². The minimum Gasteiger partial charge on any atom is -0.335 e. The standard InChI is InChI=1S/C22H22N4O3/c1-17(20-9-6-10-21(13-20)26(28)29)24(2)22(27)12-11-19-14-23-25(16-19)15-18-7-4-3-5-8-18/h3-14,16-17H,15H2,1-2H3/b12-11+/t17-/m1/s1. The summed E-state index contributed by atoms with van der Waals surface area (Å²) in [6, 6.07) is 16.0. The van der Waals surface area contributed by atoms with Gasteiger partial charge in [-0.25, -0.2) is 0 Å². The van der Waals surface area contributed by atoms with Gasteiger partial charge in [0.15, 0.2) is 0 Å². The highest BCUT2D eigenvalue weighted by Gasteiger charge is 2.17. The molecule has 0 saturated carbocycles. The normalized spacial score (nSPS) is 12.1. The Morgan fingerprint density at radius 3 is 2.72 bits per heavy atom. The van der Waals surface area contributed by atoms with Crippen LogP contribution in [0, 0.1) is 10.1 Å². The molecule has 1 aromatic heterocycles. The molecule has 0 fully saturated rings. The van der Waals surface area contributed by atoms with E-state index in [4.69, 9.17) is 0 Å². The zero-order valence-corrected chi connectivity index (χ0v) is 16.3. The largest absolute Gasteiger partial charge is 0.335 e. The first-order valence-corrected chi connectivity index (χ1v) is 9.19. The molecule has 0 spiro atoms. The molecule has 0 saturated heterocycles. The Morgan fingerprint density at radius 1 is 1.24 bits per heavy atom. The summed E-state index contributed by atoms with van der Waals surface area (Å²) in [5.74, 6) is -0.195. The molecule has 0 aliphatic rings. The van der Waals surface area contributed by atoms with Crippen LogP contribution in [0.3, 0.4) is 0 Å². The van der Waals surface area contributed by atoms with Crippen LogP contribution in [-0.4, -0.2) is 32.6 Å².